The molecule has 0 radical (unpaired) electrons. The van der Waals surface area contributed by atoms with Crippen molar-refractivity contribution >= 4 is 0 Å². The Kier molecular flexibility index (Phi) is 5.73. The number of rotatable bonds is 4. The fraction of sp³-hybridized carbons (Fsp3) is 1.00. The molecule has 96 valence electrons. The highest BCUT2D eigenvalue weighted by molar-refractivity contribution is 4.81. The van der Waals surface area contributed by atoms with Gasteiger partial charge in [0, 0.05) is 25.2 Å². The summed E-state index contributed by atoms with van der Waals surface area (Å²) in [7, 11) is 2.23. The summed E-state index contributed by atoms with van der Waals surface area (Å²) in [4.78, 5) is 5.06. The van der Waals surface area contributed by atoms with E-state index in [1.165, 1.54) is 32.5 Å². The summed E-state index contributed by atoms with van der Waals surface area (Å²) in [6.07, 6.45) is 2.51. The van der Waals surface area contributed by atoms with Crippen molar-refractivity contribution in [1.29, 1.82) is 0 Å². The number of hydrogen-bond donors (Lipinski definition) is 1. The van der Waals surface area contributed by atoms with Gasteiger partial charge in [-0.3, -0.25) is 4.90 Å². The van der Waals surface area contributed by atoms with Crippen LogP contribution in [-0.2, 0) is 0 Å². The molecule has 2 atom stereocenters. The molecule has 1 aliphatic heterocycles. The zero-order chi connectivity index (χ0) is 12.1. The highest BCUT2D eigenvalue weighted by Crippen LogP contribution is 2.13. The number of nitrogens with zero attached hydrogens (tertiary/aromatic N) is 2. The second-order valence-corrected chi connectivity index (χ2v) is 5.58. The molecule has 1 aliphatic rings. The summed E-state index contributed by atoms with van der Waals surface area (Å²) in [6.45, 7) is 11.4. The van der Waals surface area contributed by atoms with Crippen molar-refractivity contribution in [2.24, 2.45) is 11.7 Å². The van der Waals surface area contributed by atoms with Gasteiger partial charge in [0.25, 0.3) is 0 Å². The van der Waals surface area contributed by atoms with Crippen molar-refractivity contribution in [3.8, 4) is 0 Å². The minimum absolute atomic E-state index is 0.317. The molecule has 0 aromatic carbocycles. The van der Waals surface area contributed by atoms with Gasteiger partial charge >= 0.3 is 0 Å². The molecule has 0 amide bonds. The summed E-state index contributed by atoms with van der Waals surface area (Å²) in [5.41, 5.74) is 6.19. The summed E-state index contributed by atoms with van der Waals surface area (Å²) >= 11 is 0. The van der Waals surface area contributed by atoms with E-state index < -0.39 is 0 Å². The first-order chi connectivity index (χ1) is 7.54. The maximum atomic E-state index is 6.19. The first-order valence-electron chi connectivity index (χ1n) is 6.72. The minimum Gasteiger partial charge on any atom is -0.326 e. The summed E-state index contributed by atoms with van der Waals surface area (Å²) in [5, 5.41) is 0. The van der Waals surface area contributed by atoms with Gasteiger partial charge in [-0.2, -0.15) is 0 Å². The second kappa shape index (κ2) is 6.58. The van der Waals surface area contributed by atoms with Gasteiger partial charge in [-0.25, -0.2) is 0 Å². The molecule has 0 bridgehead atoms. The molecule has 2 N–H and O–H groups in total. The lowest BCUT2D eigenvalue weighted by atomic mass is 10.0. The van der Waals surface area contributed by atoms with E-state index in [1.807, 2.05) is 0 Å². The van der Waals surface area contributed by atoms with E-state index in [1.54, 1.807) is 0 Å². The first kappa shape index (κ1) is 13.9. The number of likely N-dealkylation sites (N-methyl/N-ethyl adjacent to an activating group) is 1. The van der Waals surface area contributed by atoms with Crippen LogP contribution in [0.2, 0.25) is 0 Å². The van der Waals surface area contributed by atoms with E-state index >= 15 is 0 Å². The highest BCUT2D eigenvalue weighted by Gasteiger charge is 2.23. The molecule has 3 nitrogen and oxygen atoms in total. The normalized spacial score (nSPS) is 27.0. The molecule has 2 unspecified atom stereocenters. The predicted molar refractivity (Wildman–Crippen MR) is 70.6 cm³/mol. The molecule has 0 spiro atoms. The smallest absolute Gasteiger partial charge is 0.0221 e. The van der Waals surface area contributed by atoms with Gasteiger partial charge in [-0.15, -0.1) is 0 Å². The van der Waals surface area contributed by atoms with E-state index in [4.69, 9.17) is 5.73 Å². The van der Waals surface area contributed by atoms with Gasteiger partial charge in [-0.1, -0.05) is 20.8 Å². The first-order valence-corrected chi connectivity index (χ1v) is 6.72. The van der Waals surface area contributed by atoms with E-state index in [-0.39, 0.29) is 0 Å². The SMILES string of the molecule is CCC1CN(C)CCCN1CC(N)C(C)C. The predicted octanol–water partition coefficient (Wildman–Crippen LogP) is 1.39. The van der Waals surface area contributed by atoms with Crippen molar-refractivity contribution in [3.05, 3.63) is 0 Å². The fourth-order valence-electron chi connectivity index (χ4n) is 2.40. The van der Waals surface area contributed by atoms with Crippen LogP contribution in [0.15, 0.2) is 0 Å². The molecular weight excluding hydrogens is 198 g/mol. The van der Waals surface area contributed by atoms with Crippen LogP contribution in [0.25, 0.3) is 0 Å². The molecule has 0 aromatic rings. The Bertz CT molecular complexity index is 194. The highest BCUT2D eigenvalue weighted by atomic mass is 15.2. The second-order valence-electron chi connectivity index (χ2n) is 5.58. The monoisotopic (exact) mass is 227 g/mol. The number of nitrogens with two attached hydrogens (primary N) is 1. The molecule has 3 heteroatoms. The molecular formula is C13H29N3. The molecule has 0 aliphatic carbocycles. The summed E-state index contributed by atoms with van der Waals surface area (Å²) < 4.78 is 0. The van der Waals surface area contributed by atoms with Gasteiger partial charge in [-0.05, 0) is 38.9 Å². The maximum absolute atomic E-state index is 6.19. The lowest BCUT2D eigenvalue weighted by molar-refractivity contribution is 0.164. The van der Waals surface area contributed by atoms with Crippen molar-refractivity contribution in [2.45, 2.75) is 45.7 Å². The Morgan fingerprint density at radius 1 is 1.31 bits per heavy atom. The van der Waals surface area contributed by atoms with Crippen molar-refractivity contribution in [3.63, 3.8) is 0 Å². The van der Waals surface area contributed by atoms with Crippen LogP contribution in [0.3, 0.4) is 0 Å². The van der Waals surface area contributed by atoms with Crippen LogP contribution in [-0.4, -0.2) is 55.1 Å². The molecule has 0 saturated carbocycles. The van der Waals surface area contributed by atoms with Crippen molar-refractivity contribution in [2.75, 3.05) is 33.2 Å². The van der Waals surface area contributed by atoms with E-state index in [9.17, 15) is 0 Å². The third-order valence-corrected chi connectivity index (χ3v) is 3.80. The quantitative estimate of drug-likeness (QED) is 0.788. The van der Waals surface area contributed by atoms with E-state index in [2.05, 4.69) is 37.6 Å². The Balaban J connectivity index is 2.54. The standard InChI is InChI=1S/C13H29N3/c1-5-12-9-15(4)7-6-8-16(12)10-13(14)11(2)3/h11-13H,5-10,14H2,1-4H3. The van der Waals surface area contributed by atoms with E-state index in [0.717, 1.165) is 6.54 Å². The Morgan fingerprint density at radius 2 is 2.00 bits per heavy atom. The largest absolute Gasteiger partial charge is 0.326 e. The van der Waals surface area contributed by atoms with Crippen LogP contribution < -0.4 is 5.73 Å². The lowest BCUT2D eigenvalue weighted by Gasteiger charge is -2.33. The molecule has 1 saturated heterocycles. The van der Waals surface area contributed by atoms with Gasteiger partial charge in [0.1, 0.15) is 0 Å². The lowest BCUT2D eigenvalue weighted by Crippen LogP contribution is -2.47. The minimum atomic E-state index is 0.317. The zero-order valence-electron chi connectivity index (χ0n) is 11.4. The van der Waals surface area contributed by atoms with Crippen LogP contribution >= 0.6 is 0 Å². The molecule has 0 aromatic heterocycles. The summed E-state index contributed by atoms with van der Waals surface area (Å²) in [6, 6.07) is 1.01. The molecule has 1 fully saturated rings. The molecule has 16 heavy (non-hydrogen) atoms. The Hall–Kier alpha value is -0.120. The van der Waals surface area contributed by atoms with Crippen molar-refractivity contribution in [1.82, 2.24) is 9.80 Å². The molecule has 1 heterocycles. The zero-order valence-corrected chi connectivity index (χ0v) is 11.4. The average molecular weight is 227 g/mol. The third-order valence-electron chi connectivity index (χ3n) is 3.80. The topological polar surface area (TPSA) is 32.5 Å². The van der Waals surface area contributed by atoms with Crippen molar-refractivity contribution < 1.29 is 0 Å². The third kappa shape index (κ3) is 4.04. The Labute approximate surface area is 101 Å². The Morgan fingerprint density at radius 3 is 2.56 bits per heavy atom. The van der Waals surface area contributed by atoms with Crippen LogP contribution in [0, 0.1) is 5.92 Å². The van der Waals surface area contributed by atoms with Gasteiger partial charge in [0.05, 0.1) is 0 Å². The van der Waals surface area contributed by atoms with Gasteiger partial charge in [0.2, 0.25) is 0 Å². The van der Waals surface area contributed by atoms with E-state index in [0.29, 0.717) is 18.0 Å². The summed E-state index contributed by atoms with van der Waals surface area (Å²) in [5.74, 6) is 0.582. The maximum Gasteiger partial charge on any atom is 0.0221 e. The fourth-order valence-corrected chi connectivity index (χ4v) is 2.40. The van der Waals surface area contributed by atoms with Gasteiger partial charge in [0.15, 0.2) is 0 Å². The average Bonchev–Trinajstić information content (AvgIpc) is 2.40. The number of hydrogen-bond acceptors (Lipinski definition) is 3. The van der Waals surface area contributed by atoms with Crippen LogP contribution in [0.5, 0.6) is 0 Å². The van der Waals surface area contributed by atoms with Gasteiger partial charge < -0.3 is 10.6 Å². The molecule has 1 rings (SSSR count). The van der Waals surface area contributed by atoms with Crippen LogP contribution in [0.4, 0.5) is 0 Å². The van der Waals surface area contributed by atoms with Crippen LogP contribution in [0.1, 0.15) is 33.6 Å².